The van der Waals surface area contributed by atoms with E-state index in [1.807, 2.05) is 37.3 Å². The lowest BCUT2D eigenvalue weighted by atomic mass is 10.2. The molecule has 0 saturated carbocycles. The van der Waals surface area contributed by atoms with Gasteiger partial charge in [-0.2, -0.15) is 5.10 Å². The van der Waals surface area contributed by atoms with E-state index in [-0.39, 0.29) is 0 Å². The monoisotopic (exact) mass is 186 g/mol. The Hall–Kier alpha value is -1.97. The zero-order valence-corrected chi connectivity index (χ0v) is 7.83. The van der Waals surface area contributed by atoms with Crippen molar-refractivity contribution in [2.75, 3.05) is 0 Å². The normalized spacial score (nSPS) is 10.9. The Balaban J connectivity index is 2.15. The van der Waals surface area contributed by atoms with E-state index in [2.05, 4.69) is 15.4 Å². The third-order valence-electron chi connectivity index (χ3n) is 1.72. The van der Waals surface area contributed by atoms with Crippen molar-refractivity contribution in [3.8, 4) is 0 Å². The second kappa shape index (κ2) is 3.83. The van der Waals surface area contributed by atoms with Gasteiger partial charge in [-0.25, -0.2) is 0 Å². The summed E-state index contributed by atoms with van der Waals surface area (Å²) in [5, 5.41) is 11.7. The van der Waals surface area contributed by atoms with Crippen molar-refractivity contribution in [2.24, 2.45) is 5.10 Å². The van der Waals surface area contributed by atoms with Crippen LogP contribution in [-0.2, 0) is 0 Å². The smallest absolute Gasteiger partial charge is 0.0819 e. The maximum atomic E-state index is 4.12. The number of benzene rings is 1. The molecule has 0 aliphatic heterocycles. The number of hydrogen-bond acceptors (Lipinski definition) is 3. The predicted molar refractivity (Wildman–Crippen MR) is 54.2 cm³/mol. The van der Waals surface area contributed by atoms with Crippen molar-refractivity contribution in [2.45, 2.75) is 6.92 Å². The molecule has 2 aromatic rings. The van der Waals surface area contributed by atoms with Crippen LogP contribution in [0.5, 0.6) is 0 Å². The molecule has 1 heterocycles. The largest absolute Gasteiger partial charge is 0.157 e. The Morgan fingerprint density at radius 2 is 2.07 bits per heavy atom. The van der Waals surface area contributed by atoms with Gasteiger partial charge in [0.15, 0.2) is 0 Å². The molecule has 0 saturated heterocycles. The van der Waals surface area contributed by atoms with Crippen molar-refractivity contribution in [3.63, 3.8) is 0 Å². The topological polar surface area (TPSA) is 43.1 Å². The highest BCUT2D eigenvalue weighted by molar-refractivity contribution is 5.79. The number of aryl methyl sites for hydroxylation is 1. The Morgan fingerprint density at radius 3 is 2.71 bits per heavy atom. The van der Waals surface area contributed by atoms with E-state index in [1.54, 1.807) is 12.4 Å². The number of rotatable bonds is 2. The fourth-order valence-corrected chi connectivity index (χ4v) is 1.06. The average Bonchev–Trinajstić information content (AvgIpc) is 2.63. The van der Waals surface area contributed by atoms with Gasteiger partial charge in [0.05, 0.1) is 18.1 Å². The maximum absolute atomic E-state index is 4.12. The molecule has 0 radical (unpaired) electrons. The molecule has 4 nitrogen and oxygen atoms in total. The lowest BCUT2D eigenvalue weighted by Gasteiger charge is -1.90. The molecule has 0 aliphatic rings. The zero-order valence-electron chi connectivity index (χ0n) is 7.83. The van der Waals surface area contributed by atoms with Crippen LogP contribution in [0.2, 0.25) is 0 Å². The van der Waals surface area contributed by atoms with E-state index >= 15 is 0 Å². The van der Waals surface area contributed by atoms with Gasteiger partial charge in [-0.1, -0.05) is 30.3 Å². The van der Waals surface area contributed by atoms with Gasteiger partial charge in [-0.05, 0) is 17.7 Å². The molecule has 1 aromatic carbocycles. The molecule has 0 fully saturated rings. The lowest BCUT2D eigenvalue weighted by molar-refractivity contribution is 0.696. The predicted octanol–water partition coefficient (Wildman–Crippen LogP) is 1.47. The number of nitrogens with zero attached hydrogens (tertiary/aromatic N) is 4. The highest BCUT2D eigenvalue weighted by Gasteiger charge is 1.90. The fourth-order valence-electron chi connectivity index (χ4n) is 1.06. The Kier molecular flexibility index (Phi) is 2.36. The first-order valence-electron chi connectivity index (χ1n) is 4.33. The number of aromatic nitrogens is 3. The second-order valence-electron chi connectivity index (χ2n) is 2.94. The van der Waals surface area contributed by atoms with E-state index in [4.69, 9.17) is 0 Å². The van der Waals surface area contributed by atoms with Gasteiger partial charge in [0, 0.05) is 0 Å². The maximum Gasteiger partial charge on any atom is 0.0819 e. The van der Waals surface area contributed by atoms with E-state index in [9.17, 15) is 0 Å². The minimum Gasteiger partial charge on any atom is -0.157 e. The van der Waals surface area contributed by atoms with Crippen LogP contribution in [0, 0.1) is 6.92 Å². The van der Waals surface area contributed by atoms with E-state index in [0.717, 1.165) is 11.3 Å². The van der Waals surface area contributed by atoms with E-state index in [0.29, 0.717) is 0 Å². The fraction of sp³-hybridized carbons (Fsp3) is 0.100. The Morgan fingerprint density at radius 1 is 1.29 bits per heavy atom. The SMILES string of the molecule is Cc1cn(N=Cc2ccccc2)nn1. The van der Waals surface area contributed by atoms with Gasteiger partial charge < -0.3 is 0 Å². The van der Waals surface area contributed by atoms with Crippen LogP contribution in [0.1, 0.15) is 11.3 Å². The summed E-state index contributed by atoms with van der Waals surface area (Å²) in [7, 11) is 0. The van der Waals surface area contributed by atoms with Crippen LogP contribution in [0.3, 0.4) is 0 Å². The van der Waals surface area contributed by atoms with Gasteiger partial charge in [0.2, 0.25) is 0 Å². The van der Waals surface area contributed by atoms with Gasteiger partial charge in [-0.15, -0.1) is 9.89 Å². The number of hydrogen-bond donors (Lipinski definition) is 0. The summed E-state index contributed by atoms with van der Waals surface area (Å²) in [6.45, 7) is 1.88. The minimum absolute atomic E-state index is 0.857. The van der Waals surface area contributed by atoms with Gasteiger partial charge in [0.1, 0.15) is 0 Å². The van der Waals surface area contributed by atoms with Crippen molar-refractivity contribution in [3.05, 3.63) is 47.8 Å². The molecule has 0 spiro atoms. The molecule has 70 valence electrons. The zero-order chi connectivity index (χ0) is 9.80. The first-order valence-corrected chi connectivity index (χ1v) is 4.33. The molecule has 4 heteroatoms. The van der Waals surface area contributed by atoms with Crippen LogP contribution in [0.15, 0.2) is 41.6 Å². The summed E-state index contributed by atoms with van der Waals surface area (Å²) in [5.41, 5.74) is 1.90. The molecule has 0 N–H and O–H groups in total. The molecule has 14 heavy (non-hydrogen) atoms. The van der Waals surface area contributed by atoms with Gasteiger partial charge >= 0.3 is 0 Å². The first kappa shape index (κ1) is 8.62. The molecule has 0 amide bonds. The molecule has 0 unspecified atom stereocenters. The highest BCUT2D eigenvalue weighted by atomic mass is 15.6. The Bertz CT molecular complexity index is 430. The van der Waals surface area contributed by atoms with Gasteiger partial charge in [-0.3, -0.25) is 0 Å². The lowest BCUT2D eigenvalue weighted by Crippen LogP contribution is -1.90. The van der Waals surface area contributed by atoms with E-state index in [1.165, 1.54) is 4.79 Å². The average molecular weight is 186 g/mol. The highest BCUT2D eigenvalue weighted by Crippen LogP contribution is 1.94. The minimum atomic E-state index is 0.857. The molecular weight excluding hydrogens is 176 g/mol. The van der Waals surface area contributed by atoms with Crippen molar-refractivity contribution in [1.82, 2.24) is 15.1 Å². The summed E-state index contributed by atoms with van der Waals surface area (Å²) in [5.74, 6) is 0. The quantitative estimate of drug-likeness (QED) is 0.666. The summed E-state index contributed by atoms with van der Waals surface area (Å²) in [6.07, 6.45) is 3.51. The molecule has 0 atom stereocenters. The van der Waals surface area contributed by atoms with Crippen molar-refractivity contribution < 1.29 is 0 Å². The molecule has 0 aliphatic carbocycles. The standard InChI is InChI=1S/C10H10N4/c1-9-8-14(13-12-9)11-7-10-5-3-2-4-6-10/h2-8H,1H3. The van der Waals surface area contributed by atoms with Gasteiger partial charge in [0.25, 0.3) is 0 Å². The van der Waals surface area contributed by atoms with Crippen molar-refractivity contribution in [1.29, 1.82) is 0 Å². The molecular formula is C10H10N4. The second-order valence-corrected chi connectivity index (χ2v) is 2.94. The summed E-state index contributed by atoms with van der Waals surface area (Å²) in [4.78, 5) is 1.45. The summed E-state index contributed by atoms with van der Waals surface area (Å²) >= 11 is 0. The summed E-state index contributed by atoms with van der Waals surface area (Å²) < 4.78 is 0. The molecule has 1 aromatic heterocycles. The summed E-state index contributed by atoms with van der Waals surface area (Å²) in [6, 6.07) is 9.86. The van der Waals surface area contributed by atoms with Crippen LogP contribution < -0.4 is 0 Å². The van der Waals surface area contributed by atoms with Crippen LogP contribution >= 0.6 is 0 Å². The third kappa shape index (κ3) is 2.04. The van der Waals surface area contributed by atoms with E-state index < -0.39 is 0 Å². The first-order chi connectivity index (χ1) is 6.84. The van der Waals surface area contributed by atoms with Crippen LogP contribution in [0.4, 0.5) is 0 Å². The Labute approximate surface area is 81.9 Å². The van der Waals surface area contributed by atoms with Crippen LogP contribution in [-0.4, -0.2) is 21.3 Å². The van der Waals surface area contributed by atoms with Crippen LogP contribution in [0.25, 0.3) is 0 Å². The molecule has 2 rings (SSSR count). The van der Waals surface area contributed by atoms with Crippen molar-refractivity contribution >= 4 is 6.21 Å². The third-order valence-corrected chi connectivity index (χ3v) is 1.72. The molecule has 0 bridgehead atoms.